The molecule has 0 saturated carbocycles. The van der Waals surface area contributed by atoms with Crippen LogP contribution in [0.15, 0.2) is 30.3 Å². The fourth-order valence-electron chi connectivity index (χ4n) is 2.24. The second-order valence-electron chi connectivity index (χ2n) is 4.61. The molecule has 0 atom stereocenters. The van der Waals surface area contributed by atoms with Crippen molar-refractivity contribution >= 4 is 5.78 Å². The van der Waals surface area contributed by atoms with E-state index >= 15 is 0 Å². The molecule has 0 unspecified atom stereocenters. The van der Waals surface area contributed by atoms with Gasteiger partial charge in [0, 0.05) is 24.1 Å². The molecule has 0 fully saturated rings. The SMILES string of the molecule is COc1cccc(CC(=O)c2c(O)cc(O)cc2O)c1OC. The number of para-hydroxylation sites is 1. The topological polar surface area (TPSA) is 96.2 Å². The van der Waals surface area contributed by atoms with Gasteiger partial charge < -0.3 is 24.8 Å². The highest BCUT2D eigenvalue weighted by Gasteiger charge is 2.20. The van der Waals surface area contributed by atoms with Gasteiger partial charge in [-0.3, -0.25) is 4.79 Å². The van der Waals surface area contributed by atoms with Gasteiger partial charge in [-0.25, -0.2) is 0 Å². The van der Waals surface area contributed by atoms with Gasteiger partial charge in [-0.1, -0.05) is 12.1 Å². The average Bonchev–Trinajstić information content (AvgIpc) is 2.45. The van der Waals surface area contributed by atoms with Gasteiger partial charge in [0.2, 0.25) is 0 Å². The number of hydrogen-bond acceptors (Lipinski definition) is 6. The molecule has 2 aromatic carbocycles. The van der Waals surface area contributed by atoms with Crippen LogP contribution in [0.3, 0.4) is 0 Å². The Bertz CT molecular complexity index is 685. The Morgan fingerprint density at radius 3 is 2.23 bits per heavy atom. The van der Waals surface area contributed by atoms with E-state index < -0.39 is 17.3 Å². The number of phenols is 3. The fraction of sp³-hybridized carbons (Fsp3) is 0.188. The molecule has 6 nitrogen and oxygen atoms in total. The third-order valence-corrected chi connectivity index (χ3v) is 3.20. The first kappa shape index (κ1) is 15.5. The molecule has 0 amide bonds. The van der Waals surface area contributed by atoms with Crippen LogP contribution in [0.1, 0.15) is 15.9 Å². The summed E-state index contributed by atoms with van der Waals surface area (Å²) in [6, 6.07) is 7.09. The van der Waals surface area contributed by atoms with Crippen molar-refractivity contribution in [2.75, 3.05) is 14.2 Å². The summed E-state index contributed by atoms with van der Waals surface area (Å²) in [4.78, 5) is 12.3. The number of carbonyl (C=O) groups excluding carboxylic acids is 1. The Morgan fingerprint density at radius 1 is 1.05 bits per heavy atom. The number of Topliss-reactive ketones (excluding diaryl/α,β-unsaturated/α-hetero) is 1. The third kappa shape index (κ3) is 2.90. The zero-order valence-corrected chi connectivity index (χ0v) is 12.2. The predicted molar refractivity (Wildman–Crippen MR) is 79.0 cm³/mol. The molecule has 2 aromatic rings. The largest absolute Gasteiger partial charge is 0.508 e. The van der Waals surface area contributed by atoms with Crippen molar-refractivity contribution in [1.29, 1.82) is 0 Å². The normalized spacial score (nSPS) is 10.3. The Hall–Kier alpha value is -2.89. The van der Waals surface area contributed by atoms with E-state index in [-0.39, 0.29) is 17.7 Å². The van der Waals surface area contributed by atoms with Gasteiger partial charge in [-0.2, -0.15) is 0 Å². The lowest BCUT2D eigenvalue weighted by molar-refractivity contribution is 0.0986. The number of phenolic OH excluding ortho intramolecular Hbond substituents is 3. The minimum atomic E-state index is -0.512. The van der Waals surface area contributed by atoms with Gasteiger partial charge >= 0.3 is 0 Å². The van der Waals surface area contributed by atoms with E-state index in [9.17, 15) is 20.1 Å². The molecule has 0 aromatic heterocycles. The minimum absolute atomic E-state index is 0.105. The average molecular weight is 304 g/mol. The van der Waals surface area contributed by atoms with Crippen molar-refractivity contribution in [3.05, 3.63) is 41.5 Å². The summed E-state index contributed by atoms with van der Waals surface area (Å²) < 4.78 is 10.4. The van der Waals surface area contributed by atoms with Crippen molar-refractivity contribution in [3.8, 4) is 28.7 Å². The van der Waals surface area contributed by atoms with E-state index in [0.717, 1.165) is 12.1 Å². The second kappa shape index (κ2) is 6.26. The van der Waals surface area contributed by atoms with E-state index in [0.29, 0.717) is 17.1 Å². The number of aromatic hydroxyl groups is 3. The van der Waals surface area contributed by atoms with Crippen LogP contribution in [-0.4, -0.2) is 35.3 Å². The summed E-state index contributed by atoms with van der Waals surface area (Å²) in [6.45, 7) is 0. The van der Waals surface area contributed by atoms with Gasteiger partial charge in [-0.05, 0) is 6.07 Å². The number of methoxy groups -OCH3 is 2. The predicted octanol–water partition coefficient (Wildman–Crippen LogP) is 2.25. The van der Waals surface area contributed by atoms with E-state index in [2.05, 4.69) is 0 Å². The van der Waals surface area contributed by atoms with Gasteiger partial charge in [0.15, 0.2) is 17.3 Å². The summed E-state index contributed by atoms with van der Waals surface area (Å²) in [5.41, 5.74) is 0.307. The van der Waals surface area contributed by atoms with Crippen LogP contribution in [-0.2, 0) is 6.42 Å². The highest BCUT2D eigenvalue weighted by Crippen LogP contribution is 2.35. The molecule has 0 heterocycles. The summed E-state index contributed by atoms with van der Waals surface area (Å²) in [5, 5.41) is 28.8. The minimum Gasteiger partial charge on any atom is -0.508 e. The van der Waals surface area contributed by atoms with Crippen LogP contribution in [0.4, 0.5) is 0 Å². The zero-order valence-electron chi connectivity index (χ0n) is 12.2. The maximum Gasteiger partial charge on any atom is 0.174 e. The Morgan fingerprint density at radius 2 is 1.68 bits per heavy atom. The number of ketones is 1. The first-order valence-corrected chi connectivity index (χ1v) is 6.46. The lowest BCUT2D eigenvalue weighted by Gasteiger charge is -2.13. The maximum absolute atomic E-state index is 12.3. The van der Waals surface area contributed by atoms with Gasteiger partial charge in [-0.15, -0.1) is 0 Å². The molecular weight excluding hydrogens is 288 g/mol. The number of ether oxygens (including phenoxy) is 2. The van der Waals surface area contributed by atoms with Crippen LogP contribution < -0.4 is 9.47 Å². The highest BCUT2D eigenvalue weighted by atomic mass is 16.5. The summed E-state index contributed by atoms with van der Waals surface area (Å²) in [5.74, 6) is -0.913. The van der Waals surface area contributed by atoms with E-state index in [4.69, 9.17) is 9.47 Å². The van der Waals surface area contributed by atoms with Crippen LogP contribution >= 0.6 is 0 Å². The number of benzene rings is 2. The standard InChI is InChI=1S/C16H16O6/c1-21-14-5-3-4-9(16(14)22-2)6-11(18)15-12(19)7-10(17)8-13(15)20/h3-5,7-8,17,19-20H,6H2,1-2H3. The maximum atomic E-state index is 12.3. The van der Waals surface area contributed by atoms with Gasteiger partial charge in [0.25, 0.3) is 0 Å². The molecule has 0 bridgehead atoms. The van der Waals surface area contributed by atoms with Crippen molar-refractivity contribution in [2.24, 2.45) is 0 Å². The fourth-order valence-corrected chi connectivity index (χ4v) is 2.24. The second-order valence-corrected chi connectivity index (χ2v) is 4.61. The summed E-state index contributed by atoms with van der Waals surface area (Å²) in [7, 11) is 2.95. The Labute approximate surface area is 127 Å². The summed E-state index contributed by atoms with van der Waals surface area (Å²) in [6.07, 6.45) is -0.105. The van der Waals surface area contributed by atoms with Crippen LogP contribution in [0.2, 0.25) is 0 Å². The first-order valence-electron chi connectivity index (χ1n) is 6.46. The lowest BCUT2D eigenvalue weighted by Crippen LogP contribution is -2.06. The molecule has 22 heavy (non-hydrogen) atoms. The first-order chi connectivity index (χ1) is 10.5. The molecule has 0 aliphatic heterocycles. The van der Waals surface area contributed by atoms with Crippen LogP contribution in [0, 0.1) is 0 Å². The molecule has 0 radical (unpaired) electrons. The Kier molecular flexibility index (Phi) is 4.41. The highest BCUT2D eigenvalue weighted by molar-refractivity contribution is 6.02. The molecule has 116 valence electrons. The monoisotopic (exact) mass is 304 g/mol. The number of carbonyl (C=O) groups is 1. The molecule has 0 aliphatic carbocycles. The van der Waals surface area contributed by atoms with E-state index in [1.54, 1.807) is 18.2 Å². The Balaban J connectivity index is 2.38. The molecule has 6 heteroatoms. The molecule has 2 rings (SSSR count). The smallest absolute Gasteiger partial charge is 0.174 e. The van der Waals surface area contributed by atoms with Crippen molar-refractivity contribution in [2.45, 2.75) is 6.42 Å². The zero-order chi connectivity index (χ0) is 16.3. The van der Waals surface area contributed by atoms with Crippen molar-refractivity contribution < 1.29 is 29.6 Å². The molecule has 3 N–H and O–H groups in total. The number of rotatable bonds is 5. The van der Waals surface area contributed by atoms with Crippen LogP contribution in [0.25, 0.3) is 0 Å². The van der Waals surface area contributed by atoms with Crippen molar-refractivity contribution in [3.63, 3.8) is 0 Å². The third-order valence-electron chi connectivity index (χ3n) is 3.20. The number of hydrogen-bond donors (Lipinski definition) is 3. The lowest BCUT2D eigenvalue weighted by atomic mass is 10.00. The van der Waals surface area contributed by atoms with Crippen molar-refractivity contribution in [1.82, 2.24) is 0 Å². The van der Waals surface area contributed by atoms with E-state index in [1.165, 1.54) is 14.2 Å². The molecular formula is C16H16O6. The molecule has 0 aliphatic rings. The van der Waals surface area contributed by atoms with E-state index in [1.807, 2.05) is 0 Å². The van der Waals surface area contributed by atoms with Gasteiger partial charge in [0.1, 0.15) is 22.8 Å². The van der Waals surface area contributed by atoms with Crippen LogP contribution in [0.5, 0.6) is 28.7 Å². The molecule has 0 spiro atoms. The quantitative estimate of drug-likeness (QED) is 0.733. The molecule has 0 saturated heterocycles. The summed E-state index contributed by atoms with van der Waals surface area (Å²) >= 11 is 0. The van der Waals surface area contributed by atoms with Gasteiger partial charge in [0.05, 0.1) is 14.2 Å².